The fourth-order valence-electron chi connectivity index (χ4n) is 3.02. The number of hydrogen-bond donors (Lipinski definition) is 1. The van der Waals surface area contributed by atoms with E-state index in [1.165, 1.54) is 0 Å². The Labute approximate surface area is 128 Å². The molecule has 0 saturated carbocycles. The normalized spacial score (nSPS) is 21.9. The predicted molar refractivity (Wildman–Crippen MR) is 85.5 cm³/mol. The monoisotopic (exact) mass is 294 g/mol. The fraction of sp³-hybridized carbons (Fsp3) is 0.812. The van der Waals surface area contributed by atoms with E-state index in [1.54, 1.807) is 0 Å². The van der Waals surface area contributed by atoms with Crippen molar-refractivity contribution >= 4 is 0 Å². The first-order chi connectivity index (χ1) is 10.2. The lowest BCUT2D eigenvalue weighted by atomic mass is 10.0. The van der Waals surface area contributed by atoms with Gasteiger partial charge in [-0.2, -0.15) is 0 Å². The SMILES string of the molecule is CCNC(Cc1nccn1CC)C1CN(C(C)C)CCO1. The number of morpholine rings is 1. The molecule has 2 heterocycles. The second kappa shape index (κ2) is 7.92. The maximum absolute atomic E-state index is 6.05. The van der Waals surface area contributed by atoms with Crippen molar-refractivity contribution in [2.24, 2.45) is 0 Å². The van der Waals surface area contributed by atoms with Gasteiger partial charge in [0.05, 0.1) is 12.7 Å². The van der Waals surface area contributed by atoms with E-state index in [2.05, 4.69) is 53.7 Å². The highest BCUT2D eigenvalue weighted by molar-refractivity contribution is 4.98. The molecule has 120 valence electrons. The highest BCUT2D eigenvalue weighted by atomic mass is 16.5. The average molecular weight is 294 g/mol. The van der Waals surface area contributed by atoms with Crippen molar-refractivity contribution in [2.75, 3.05) is 26.2 Å². The molecular formula is C16H30N4O. The Hall–Kier alpha value is -0.910. The number of aromatic nitrogens is 2. The Morgan fingerprint density at radius 3 is 2.90 bits per heavy atom. The summed E-state index contributed by atoms with van der Waals surface area (Å²) in [7, 11) is 0. The molecule has 1 aliphatic rings. The van der Waals surface area contributed by atoms with Crippen molar-refractivity contribution in [3.63, 3.8) is 0 Å². The molecule has 21 heavy (non-hydrogen) atoms. The van der Waals surface area contributed by atoms with Crippen LogP contribution in [0.2, 0.25) is 0 Å². The van der Waals surface area contributed by atoms with Gasteiger partial charge in [-0.1, -0.05) is 6.92 Å². The van der Waals surface area contributed by atoms with Gasteiger partial charge >= 0.3 is 0 Å². The Balaban J connectivity index is 2.04. The molecular weight excluding hydrogens is 264 g/mol. The maximum Gasteiger partial charge on any atom is 0.110 e. The molecule has 5 heteroatoms. The van der Waals surface area contributed by atoms with E-state index in [9.17, 15) is 0 Å². The van der Waals surface area contributed by atoms with Crippen LogP contribution in [0.4, 0.5) is 0 Å². The summed E-state index contributed by atoms with van der Waals surface area (Å²) in [6.45, 7) is 13.6. The molecule has 1 N–H and O–H groups in total. The minimum atomic E-state index is 0.239. The van der Waals surface area contributed by atoms with E-state index in [4.69, 9.17) is 4.74 Å². The molecule has 1 aliphatic heterocycles. The minimum absolute atomic E-state index is 0.239. The van der Waals surface area contributed by atoms with Crippen molar-refractivity contribution in [1.29, 1.82) is 0 Å². The lowest BCUT2D eigenvalue weighted by molar-refractivity contribution is -0.0553. The zero-order chi connectivity index (χ0) is 15.2. The lowest BCUT2D eigenvalue weighted by Gasteiger charge is -2.39. The second-order valence-corrected chi connectivity index (χ2v) is 6.00. The Bertz CT molecular complexity index is 418. The number of rotatable bonds is 7. The van der Waals surface area contributed by atoms with Crippen molar-refractivity contribution in [3.8, 4) is 0 Å². The quantitative estimate of drug-likeness (QED) is 0.828. The molecule has 0 aliphatic carbocycles. The summed E-state index contributed by atoms with van der Waals surface area (Å²) in [5.41, 5.74) is 0. The van der Waals surface area contributed by atoms with E-state index in [0.717, 1.165) is 45.0 Å². The van der Waals surface area contributed by atoms with Gasteiger partial charge in [-0.25, -0.2) is 4.98 Å². The third kappa shape index (κ3) is 4.28. The van der Waals surface area contributed by atoms with Crippen LogP contribution in [0.25, 0.3) is 0 Å². The summed E-state index contributed by atoms with van der Waals surface area (Å²) in [6.07, 6.45) is 5.11. The van der Waals surface area contributed by atoms with E-state index in [-0.39, 0.29) is 6.10 Å². The van der Waals surface area contributed by atoms with Crippen LogP contribution in [0, 0.1) is 0 Å². The maximum atomic E-state index is 6.05. The molecule has 2 unspecified atom stereocenters. The lowest BCUT2D eigenvalue weighted by Crippen LogP contribution is -2.54. The predicted octanol–water partition coefficient (Wildman–Crippen LogP) is 1.53. The summed E-state index contributed by atoms with van der Waals surface area (Å²) in [4.78, 5) is 7.02. The summed E-state index contributed by atoms with van der Waals surface area (Å²) < 4.78 is 8.27. The van der Waals surface area contributed by atoms with Crippen LogP contribution in [0.1, 0.15) is 33.5 Å². The topological polar surface area (TPSA) is 42.3 Å². The molecule has 1 aromatic heterocycles. The smallest absolute Gasteiger partial charge is 0.110 e. The highest BCUT2D eigenvalue weighted by Gasteiger charge is 2.29. The highest BCUT2D eigenvalue weighted by Crippen LogP contribution is 2.15. The first-order valence-electron chi connectivity index (χ1n) is 8.24. The van der Waals surface area contributed by atoms with E-state index in [0.29, 0.717) is 12.1 Å². The molecule has 0 bridgehead atoms. The van der Waals surface area contributed by atoms with Crippen LogP contribution in [0.5, 0.6) is 0 Å². The minimum Gasteiger partial charge on any atom is -0.374 e. The van der Waals surface area contributed by atoms with Gasteiger partial charge in [0.2, 0.25) is 0 Å². The van der Waals surface area contributed by atoms with Gasteiger partial charge in [0, 0.05) is 50.5 Å². The number of hydrogen-bond acceptors (Lipinski definition) is 4. The van der Waals surface area contributed by atoms with E-state index >= 15 is 0 Å². The molecule has 5 nitrogen and oxygen atoms in total. The molecule has 0 aromatic carbocycles. The van der Waals surface area contributed by atoms with Gasteiger partial charge in [0.15, 0.2) is 0 Å². The fourth-order valence-corrected chi connectivity index (χ4v) is 3.02. The van der Waals surface area contributed by atoms with Gasteiger partial charge in [0.25, 0.3) is 0 Å². The largest absolute Gasteiger partial charge is 0.374 e. The van der Waals surface area contributed by atoms with Crippen LogP contribution in [0.3, 0.4) is 0 Å². The van der Waals surface area contributed by atoms with Crippen molar-refractivity contribution in [1.82, 2.24) is 19.8 Å². The first kappa shape index (κ1) is 16.5. The van der Waals surface area contributed by atoms with Crippen LogP contribution < -0.4 is 5.32 Å². The van der Waals surface area contributed by atoms with Crippen molar-refractivity contribution in [3.05, 3.63) is 18.2 Å². The van der Waals surface area contributed by atoms with Gasteiger partial charge in [-0.3, -0.25) is 4.90 Å². The molecule has 0 spiro atoms. The zero-order valence-electron chi connectivity index (χ0n) is 13.9. The van der Waals surface area contributed by atoms with Crippen molar-refractivity contribution in [2.45, 2.75) is 58.8 Å². The third-order valence-electron chi connectivity index (χ3n) is 4.32. The number of likely N-dealkylation sites (N-methyl/N-ethyl adjacent to an activating group) is 1. The summed E-state index contributed by atoms with van der Waals surface area (Å²) in [5.74, 6) is 1.15. The first-order valence-corrected chi connectivity index (χ1v) is 8.24. The van der Waals surface area contributed by atoms with E-state index in [1.807, 2.05) is 6.20 Å². The second-order valence-electron chi connectivity index (χ2n) is 6.00. The molecule has 1 saturated heterocycles. The molecule has 2 atom stereocenters. The van der Waals surface area contributed by atoms with Crippen LogP contribution in [-0.2, 0) is 17.7 Å². The number of ether oxygens (including phenoxy) is 1. The number of nitrogens with zero attached hydrogens (tertiary/aromatic N) is 3. The number of aryl methyl sites for hydroxylation is 1. The Morgan fingerprint density at radius 2 is 2.24 bits per heavy atom. The molecule has 1 fully saturated rings. The number of imidazole rings is 1. The zero-order valence-corrected chi connectivity index (χ0v) is 13.9. The third-order valence-corrected chi connectivity index (χ3v) is 4.32. The van der Waals surface area contributed by atoms with Crippen LogP contribution in [-0.4, -0.2) is 58.9 Å². The molecule has 2 rings (SSSR count). The van der Waals surface area contributed by atoms with Gasteiger partial charge < -0.3 is 14.6 Å². The number of nitrogens with one attached hydrogen (secondary N) is 1. The van der Waals surface area contributed by atoms with Crippen LogP contribution in [0.15, 0.2) is 12.4 Å². The Morgan fingerprint density at radius 1 is 1.43 bits per heavy atom. The van der Waals surface area contributed by atoms with Gasteiger partial charge in [-0.05, 0) is 27.3 Å². The molecule has 0 amide bonds. The standard InChI is InChI=1S/C16H30N4O/c1-5-17-14(11-16-18-7-8-19(16)6-2)15-12-20(13(3)4)9-10-21-15/h7-8,13-15,17H,5-6,9-12H2,1-4H3. The van der Waals surface area contributed by atoms with Crippen LogP contribution >= 0.6 is 0 Å². The van der Waals surface area contributed by atoms with Gasteiger partial charge in [-0.15, -0.1) is 0 Å². The summed E-state index contributed by atoms with van der Waals surface area (Å²) in [5, 5.41) is 3.60. The Kier molecular flexibility index (Phi) is 6.21. The molecule has 0 radical (unpaired) electrons. The average Bonchev–Trinajstić information content (AvgIpc) is 2.94. The molecule has 1 aromatic rings. The van der Waals surface area contributed by atoms with Gasteiger partial charge in [0.1, 0.15) is 5.82 Å². The van der Waals surface area contributed by atoms with Crippen molar-refractivity contribution < 1.29 is 4.74 Å². The van der Waals surface area contributed by atoms with E-state index < -0.39 is 0 Å². The summed E-state index contributed by atoms with van der Waals surface area (Å²) >= 11 is 0. The summed E-state index contributed by atoms with van der Waals surface area (Å²) in [6, 6.07) is 0.903.